The van der Waals surface area contributed by atoms with E-state index in [0.717, 1.165) is 11.7 Å². The molecule has 1 aliphatic rings. The Labute approximate surface area is 93.2 Å². The summed E-state index contributed by atoms with van der Waals surface area (Å²) >= 11 is 2.00. The second-order valence-electron chi connectivity index (χ2n) is 5.57. The van der Waals surface area contributed by atoms with Crippen molar-refractivity contribution >= 4 is 11.8 Å². The van der Waals surface area contributed by atoms with E-state index >= 15 is 0 Å². The van der Waals surface area contributed by atoms with E-state index in [9.17, 15) is 0 Å². The zero-order valence-electron chi connectivity index (χ0n) is 9.88. The quantitative estimate of drug-likeness (QED) is 0.777. The van der Waals surface area contributed by atoms with Crippen LogP contribution >= 0.6 is 11.8 Å². The van der Waals surface area contributed by atoms with Gasteiger partial charge in [-0.3, -0.25) is 0 Å². The molecule has 14 heavy (non-hydrogen) atoms. The lowest BCUT2D eigenvalue weighted by Crippen LogP contribution is -2.27. The van der Waals surface area contributed by atoms with E-state index in [0.29, 0.717) is 10.8 Å². The molecule has 0 aromatic rings. The Hall–Kier alpha value is 0.310. The molecule has 0 radical (unpaired) electrons. The third-order valence-corrected chi connectivity index (χ3v) is 4.30. The average Bonchev–Trinajstić information content (AvgIpc) is 2.52. The molecule has 0 aliphatic heterocycles. The van der Waals surface area contributed by atoms with E-state index in [1.165, 1.54) is 32.1 Å². The highest BCUT2D eigenvalue weighted by Crippen LogP contribution is 2.30. The van der Waals surface area contributed by atoms with Crippen LogP contribution in [0.1, 0.15) is 52.9 Å². The van der Waals surface area contributed by atoms with Crippen LogP contribution in [-0.2, 0) is 0 Å². The van der Waals surface area contributed by atoms with Crippen LogP contribution in [0.2, 0.25) is 0 Å². The molecule has 1 saturated carbocycles. The highest BCUT2D eigenvalue weighted by molar-refractivity contribution is 8.00. The number of thioether (sulfide) groups is 1. The first-order valence-corrected chi connectivity index (χ1v) is 6.85. The number of nitrogens with two attached hydrogens (primary N) is 1. The molecule has 84 valence electrons. The Bertz CT molecular complexity index is 156. The third kappa shape index (κ3) is 5.26. The molecule has 2 N–H and O–H groups in total. The molecular formula is C12H25NS. The van der Waals surface area contributed by atoms with Crippen LogP contribution in [0, 0.1) is 5.92 Å². The maximum atomic E-state index is 6.14. The minimum absolute atomic E-state index is 0.368. The van der Waals surface area contributed by atoms with Crippen molar-refractivity contribution in [3.8, 4) is 0 Å². The summed E-state index contributed by atoms with van der Waals surface area (Å²) in [6.07, 6.45) is 6.97. The zero-order chi connectivity index (χ0) is 10.6. The van der Waals surface area contributed by atoms with Crippen molar-refractivity contribution in [1.29, 1.82) is 0 Å². The van der Waals surface area contributed by atoms with Crippen molar-refractivity contribution in [3.63, 3.8) is 0 Å². The first-order chi connectivity index (χ1) is 6.47. The van der Waals surface area contributed by atoms with E-state index < -0.39 is 0 Å². The molecule has 0 aromatic carbocycles. The standard InChI is InChI=1S/C12H25NS/c1-12(2,3)14-9-11(13)8-10-6-4-5-7-10/h10-11H,4-9,13H2,1-3H3. The Kier molecular flexibility index (Phi) is 4.78. The van der Waals surface area contributed by atoms with Gasteiger partial charge in [0.1, 0.15) is 0 Å². The van der Waals surface area contributed by atoms with Gasteiger partial charge in [0.05, 0.1) is 0 Å². The molecule has 0 saturated heterocycles. The van der Waals surface area contributed by atoms with Gasteiger partial charge in [-0.1, -0.05) is 46.5 Å². The number of hydrogen-bond acceptors (Lipinski definition) is 2. The third-order valence-electron chi connectivity index (χ3n) is 2.84. The van der Waals surface area contributed by atoms with Gasteiger partial charge in [0.15, 0.2) is 0 Å². The van der Waals surface area contributed by atoms with Crippen molar-refractivity contribution in [2.45, 2.75) is 63.7 Å². The van der Waals surface area contributed by atoms with Gasteiger partial charge in [0.2, 0.25) is 0 Å². The molecule has 0 heterocycles. The maximum absolute atomic E-state index is 6.14. The summed E-state index contributed by atoms with van der Waals surface area (Å²) in [7, 11) is 0. The van der Waals surface area contributed by atoms with E-state index in [1.54, 1.807) is 0 Å². The summed E-state index contributed by atoms with van der Waals surface area (Å²) in [6.45, 7) is 6.79. The number of rotatable bonds is 4. The Balaban J connectivity index is 2.12. The van der Waals surface area contributed by atoms with Crippen molar-refractivity contribution in [2.75, 3.05) is 5.75 Å². The lowest BCUT2D eigenvalue weighted by atomic mass is 10.00. The summed E-state index contributed by atoms with van der Waals surface area (Å²) in [5.41, 5.74) is 6.14. The van der Waals surface area contributed by atoms with Crippen LogP contribution in [0.5, 0.6) is 0 Å². The highest BCUT2D eigenvalue weighted by Gasteiger charge is 2.19. The molecule has 0 spiro atoms. The summed E-state index contributed by atoms with van der Waals surface area (Å²) in [5, 5.41) is 0. The van der Waals surface area contributed by atoms with Gasteiger partial charge >= 0.3 is 0 Å². The van der Waals surface area contributed by atoms with Crippen LogP contribution in [0.4, 0.5) is 0 Å². The van der Waals surface area contributed by atoms with Gasteiger partial charge in [-0.25, -0.2) is 0 Å². The second-order valence-corrected chi connectivity index (χ2v) is 7.42. The molecule has 1 aliphatic carbocycles. The fourth-order valence-corrected chi connectivity index (χ4v) is 2.95. The van der Waals surface area contributed by atoms with Gasteiger partial charge in [0.25, 0.3) is 0 Å². The van der Waals surface area contributed by atoms with Crippen molar-refractivity contribution in [2.24, 2.45) is 11.7 Å². The van der Waals surface area contributed by atoms with Crippen LogP contribution in [0.3, 0.4) is 0 Å². The zero-order valence-corrected chi connectivity index (χ0v) is 10.7. The lowest BCUT2D eigenvalue weighted by Gasteiger charge is -2.22. The Morgan fingerprint density at radius 2 is 1.86 bits per heavy atom. The monoisotopic (exact) mass is 215 g/mol. The predicted molar refractivity (Wildman–Crippen MR) is 66.8 cm³/mol. The smallest absolute Gasteiger partial charge is 0.0133 e. The fraction of sp³-hybridized carbons (Fsp3) is 1.00. The molecule has 1 fully saturated rings. The minimum atomic E-state index is 0.368. The fourth-order valence-electron chi connectivity index (χ4n) is 2.10. The topological polar surface area (TPSA) is 26.0 Å². The molecular weight excluding hydrogens is 190 g/mol. The molecule has 0 aromatic heterocycles. The molecule has 1 atom stereocenters. The van der Waals surface area contributed by atoms with Gasteiger partial charge in [-0.2, -0.15) is 11.8 Å². The van der Waals surface area contributed by atoms with E-state index in [-0.39, 0.29) is 0 Å². The van der Waals surface area contributed by atoms with Crippen LogP contribution in [0.25, 0.3) is 0 Å². The van der Waals surface area contributed by atoms with E-state index in [2.05, 4.69) is 20.8 Å². The largest absolute Gasteiger partial charge is 0.327 e. The van der Waals surface area contributed by atoms with Crippen molar-refractivity contribution in [1.82, 2.24) is 0 Å². The molecule has 2 heteroatoms. The van der Waals surface area contributed by atoms with Crippen LogP contribution in [-0.4, -0.2) is 16.5 Å². The Morgan fingerprint density at radius 1 is 1.29 bits per heavy atom. The number of hydrogen-bond donors (Lipinski definition) is 1. The van der Waals surface area contributed by atoms with Gasteiger partial charge in [0, 0.05) is 16.5 Å². The first kappa shape index (κ1) is 12.4. The summed E-state index contributed by atoms with van der Waals surface area (Å²) in [4.78, 5) is 0. The average molecular weight is 215 g/mol. The van der Waals surface area contributed by atoms with E-state index in [4.69, 9.17) is 5.73 Å². The van der Waals surface area contributed by atoms with E-state index in [1.807, 2.05) is 11.8 Å². The van der Waals surface area contributed by atoms with Crippen molar-refractivity contribution in [3.05, 3.63) is 0 Å². The molecule has 0 amide bonds. The van der Waals surface area contributed by atoms with Gasteiger partial charge in [-0.05, 0) is 12.3 Å². The lowest BCUT2D eigenvalue weighted by molar-refractivity contribution is 0.461. The van der Waals surface area contributed by atoms with Crippen LogP contribution < -0.4 is 5.73 Å². The predicted octanol–water partition coefficient (Wildman–Crippen LogP) is 3.43. The molecule has 1 nitrogen and oxygen atoms in total. The minimum Gasteiger partial charge on any atom is -0.327 e. The normalized spacial score (nSPS) is 21.4. The van der Waals surface area contributed by atoms with Crippen molar-refractivity contribution < 1.29 is 0 Å². The SMILES string of the molecule is CC(C)(C)SCC(N)CC1CCCC1. The Morgan fingerprint density at radius 3 is 2.36 bits per heavy atom. The van der Waals surface area contributed by atoms with Crippen LogP contribution in [0.15, 0.2) is 0 Å². The summed E-state index contributed by atoms with van der Waals surface area (Å²) in [5.74, 6) is 2.06. The molecule has 0 bridgehead atoms. The molecule has 1 unspecified atom stereocenters. The highest BCUT2D eigenvalue weighted by atomic mass is 32.2. The second kappa shape index (κ2) is 5.41. The summed E-state index contributed by atoms with van der Waals surface area (Å²) in [6, 6.07) is 0.419. The molecule has 1 rings (SSSR count). The maximum Gasteiger partial charge on any atom is 0.0133 e. The van der Waals surface area contributed by atoms with Gasteiger partial charge < -0.3 is 5.73 Å². The first-order valence-electron chi connectivity index (χ1n) is 5.87. The van der Waals surface area contributed by atoms with Gasteiger partial charge in [-0.15, -0.1) is 0 Å². The summed E-state index contributed by atoms with van der Waals surface area (Å²) < 4.78 is 0.368.